The maximum absolute atomic E-state index is 4.68. The number of nitrogens with zero attached hydrogens (tertiary/aromatic N) is 2. The molecule has 1 aromatic heterocycles. The van der Waals surface area contributed by atoms with E-state index in [9.17, 15) is 0 Å². The Morgan fingerprint density at radius 2 is 1.57 bits per heavy atom. The number of rotatable bonds is 5. The molecule has 0 unspecified atom stereocenters. The van der Waals surface area contributed by atoms with E-state index in [0.717, 1.165) is 5.52 Å². The number of fused-ring (bicyclic) bond motifs is 1. The van der Waals surface area contributed by atoms with Crippen LogP contribution in [-0.4, -0.2) is 19.1 Å². The predicted octanol–water partition coefficient (Wildman–Crippen LogP) is 7.26. The third-order valence-corrected chi connectivity index (χ3v) is 5.47. The fourth-order valence-corrected chi connectivity index (χ4v) is 3.65. The quantitative estimate of drug-likeness (QED) is 0.332. The molecular weight excluding hydrogens is 364 g/mol. The molecule has 4 aromatic rings. The fourth-order valence-electron chi connectivity index (χ4n) is 3.65. The largest absolute Gasteiger partial charge is 0.378 e. The molecule has 0 spiro atoms. The normalized spacial score (nSPS) is 11.5. The Hall–Kier alpha value is -3.39. The maximum atomic E-state index is 4.68. The molecular formula is C28H28N2. The molecule has 0 aliphatic rings. The number of aromatic nitrogens is 1. The second kappa shape index (κ2) is 8.54. The van der Waals surface area contributed by atoms with Gasteiger partial charge in [0, 0.05) is 36.9 Å². The van der Waals surface area contributed by atoms with E-state index in [1.165, 1.54) is 38.9 Å². The summed E-state index contributed by atoms with van der Waals surface area (Å²) in [5, 5.41) is 1.20. The summed E-state index contributed by atoms with van der Waals surface area (Å²) >= 11 is 0. The van der Waals surface area contributed by atoms with Gasteiger partial charge in [0.05, 0.1) is 5.52 Å². The third-order valence-electron chi connectivity index (χ3n) is 5.47. The molecule has 0 atom stereocenters. The first-order chi connectivity index (χ1) is 14.5. The van der Waals surface area contributed by atoms with Gasteiger partial charge in [-0.1, -0.05) is 62.4 Å². The molecule has 2 heteroatoms. The molecule has 4 rings (SSSR count). The molecule has 30 heavy (non-hydrogen) atoms. The average molecular weight is 393 g/mol. The Labute approximate surface area is 179 Å². The lowest BCUT2D eigenvalue weighted by atomic mass is 9.93. The zero-order valence-corrected chi connectivity index (χ0v) is 18.1. The first kappa shape index (κ1) is 19.9. The Morgan fingerprint density at radius 1 is 0.800 bits per heavy atom. The van der Waals surface area contributed by atoms with Crippen LogP contribution >= 0.6 is 0 Å². The standard InChI is InChI=1S/C28H28N2/c1-20(2)25-18-24-9-6-16-29-28(24)27(19-25)23-8-5-7-22(17-23)11-10-21-12-14-26(15-13-21)30(3)4/h5-20H,1-4H3/b11-10+. The first-order valence-corrected chi connectivity index (χ1v) is 10.5. The highest BCUT2D eigenvalue weighted by molar-refractivity contribution is 5.94. The van der Waals surface area contributed by atoms with Crippen LogP contribution in [-0.2, 0) is 0 Å². The van der Waals surface area contributed by atoms with Gasteiger partial charge in [0.2, 0.25) is 0 Å². The van der Waals surface area contributed by atoms with Gasteiger partial charge in [-0.2, -0.15) is 0 Å². The summed E-state index contributed by atoms with van der Waals surface area (Å²) in [6, 6.07) is 26.0. The van der Waals surface area contributed by atoms with Gasteiger partial charge in [-0.3, -0.25) is 4.98 Å². The van der Waals surface area contributed by atoms with Crippen molar-refractivity contribution < 1.29 is 0 Å². The number of hydrogen-bond donors (Lipinski definition) is 0. The zero-order chi connectivity index (χ0) is 21.1. The van der Waals surface area contributed by atoms with Crippen LogP contribution in [0.15, 0.2) is 79.0 Å². The van der Waals surface area contributed by atoms with E-state index >= 15 is 0 Å². The molecule has 0 N–H and O–H groups in total. The number of hydrogen-bond acceptors (Lipinski definition) is 2. The van der Waals surface area contributed by atoms with Gasteiger partial charge in [0.1, 0.15) is 0 Å². The summed E-state index contributed by atoms with van der Waals surface area (Å²) in [6.45, 7) is 4.48. The summed E-state index contributed by atoms with van der Waals surface area (Å²) in [5.41, 5.74) is 8.38. The van der Waals surface area contributed by atoms with E-state index in [1.807, 2.05) is 12.3 Å². The van der Waals surface area contributed by atoms with Crippen molar-refractivity contribution >= 4 is 28.7 Å². The number of benzene rings is 3. The van der Waals surface area contributed by atoms with Crippen molar-refractivity contribution in [2.45, 2.75) is 19.8 Å². The summed E-state index contributed by atoms with van der Waals surface area (Å²) in [7, 11) is 4.12. The highest BCUT2D eigenvalue weighted by atomic mass is 15.1. The molecule has 0 radical (unpaired) electrons. The minimum absolute atomic E-state index is 0.474. The Balaban J connectivity index is 1.70. The zero-order valence-electron chi connectivity index (χ0n) is 18.1. The highest BCUT2D eigenvalue weighted by Crippen LogP contribution is 2.32. The smallest absolute Gasteiger partial charge is 0.0780 e. The molecule has 1 heterocycles. The first-order valence-electron chi connectivity index (χ1n) is 10.5. The van der Waals surface area contributed by atoms with Crippen LogP contribution in [0.4, 0.5) is 5.69 Å². The van der Waals surface area contributed by atoms with Gasteiger partial charge < -0.3 is 4.90 Å². The maximum Gasteiger partial charge on any atom is 0.0780 e. The molecule has 0 aliphatic carbocycles. The van der Waals surface area contributed by atoms with E-state index in [1.54, 1.807) is 0 Å². The molecule has 0 fully saturated rings. The van der Waals surface area contributed by atoms with Crippen LogP contribution in [0.2, 0.25) is 0 Å². The van der Waals surface area contributed by atoms with Gasteiger partial charge in [-0.05, 0) is 64.6 Å². The van der Waals surface area contributed by atoms with Gasteiger partial charge in [0.25, 0.3) is 0 Å². The van der Waals surface area contributed by atoms with Crippen LogP contribution in [0.5, 0.6) is 0 Å². The Morgan fingerprint density at radius 3 is 2.30 bits per heavy atom. The summed E-state index contributed by atoms with van der Waals surface area (Å²) < 4.78 is 0. The van der Waals surface area contributed by atoms with Gasteiger partial charge in [-0.15, -0.1) is 0 Å². The topological polar surface area (TPSA) is 16.1 Å². The minimum Gasteiger partial charge on any atom is -0.378 e. The van der Waals surface area contributed by atoms with Gasteiger partial charge in [-0.25, -0.2) is 0 Å². The third kappa shape index (κ3) is 4.28. The van der Waals surface area contributed by atoms with Gasteiger partial charge in [0.15, 0.2) is 0 Å². The second-order valence-electron chi connectivity index (χ2n) is 8.24. The highest BCUT2D eigenvalue weighted by Gasteiger charge is 2.10. The predicted molar refractivity (Wildman–Crippen MR) is 131 cm³/mol. The van der Waals surface area contributed by atoms with E-state index in [0.29, 0.717) is 5.92 Å². The van der Waals surface area contributed by atoms with Crippen molar-refractivity contribution in [2.75, 3.05) is 19.0 Å². The number of anilines is 1. The molecule has 0 aliphatic heterocycles. The van der Waals surface area contributed by atoms with E-state index in [4.69, 9.17) is 0 Å². The second-order valence-corrected chi connectivity index (χ2v) is 8.24. The molecule has 150 valence electrons. The monoisotopic (exact) mass is 392 g/mol. The van der Waals surface area contributed by atoms with Crippen molar-refractivity contribution in [1.82, 2.24) is 4.98 Å². The molecule has 3 aromatic carbocycles. The lowest BCUT2D eigenvalue weighted by Gasteiger charge is -2.13. The molecule has 0 saturated heterocycles. The van der Waals surface area contributed by atoms with Crippen LogP contribution in [0.3, 0.4) is 0 Å². The number of pyridine rings is 1. The SMILES string of the molecule is CC(C)c1cc(-c2cccc(/C=C/c3ccc(N(C)C)cc3)c2)c2ncccc2c1. The van der Waals surface area contributed by atoms with Gasteiger partial charge >= 0.3 is 0 Å². The van der Waals surface area contributed by atoms with Crippen molar-refractivity contribution in [2.24, 2.45) is 0 Å². The van der Waals surface area contributed by atoms with Crippen molar-refractivity contribution in [3.63, 3.8) is 0 Å². The van der Waals surface area contributed by atoms with Crippen molar-refractivity contribution in [3.8, 4) is 11.1 Å². The van der Waals surface area contributed by atoms with Crippen molar-refractivity contribution in [1.29, 1.82) is 0 Å². The van der Waals surface area contributed by atoms with E-state index in [2.05, 4.69) is 117 Å². The molecule has 2 nitrogen and oxygen atoms in total. The fraction of sp³-hybridized carbons (Fsp3) is 0.179. The Kier molecular flexibility index (Phi) is 5.67. The van der Waals surface area contributed by atoms with Crippen LogP contribution < -0.4 is 4.90 Å². The summed E-state index contributed by atoms with van der Waals surface area (Å²) in [6.07, 6.45) is 6.22. The summed E-state index contributed by atoms with van der Waals surface area (Å²) in [5.74, 6) is 0.474. The Bertz CT molecular complexity index is 1180. The van der Waals surface area contributed by atoms with E-state index in [-0.39, 0.29) is 0 Å². The van der Waals surface area contributed by atoms with Crippen molar-refractivity contribution in [3.05, 3.63) is 95.7 Å². The average Bonchev–Trinajstić information content (AvgIpc) is 2.77. The van der Waals surface area contributed by atoms with Crippen LogP contribution in [0.1, 0.15) is 36.5 Å². The molecule has 0 amide bonds. The van der Waals surface area contributed by atoms with E-state index < -0.39 is 0 Å². The van der Waals surface area contributed by atoms with Crippen LogP contribution in [0.25, 0.3) is 34.2 Å². The lowest BCUT2D eigenvalue weighted by Crippen LogP contribution is -2.07. The molecule has 0 bridgehead atoms. The summed E-state index contributed by atoms with van der Waals surface area (Å²) in [4.78, 5) is 6.79. The minimum atomic E-state index is 0.474. The van der Waals surface area contributed by atoms with Crippen LogP contribution in [0, 0.1) is 0 Å². The molecule has 0 saturated carbocycles. The lowest BCUT2D eigenvalue weighted by molar-refractivity contribution is 0.869.